The van der Waals surface area contributed by atoms with Gasteiger partial charge >= 0.3 is 5.97 Å². The van der Waals surface area contributed by atoms with Crippen molar-refractivity contribution in [2.24, 2.45) is 0 Å². The van der Waals surface area contributed by atoms with E-state index in [4.69, 9.17) is 4.74 Å². The first-order valence-electron chi connectivity index (χ1n) is 13.2. The Morgan fingerprint density at radius 3 is 2.55 bits per heavy atom. The van der Waals surface area contributed by atoms with Crippen molar-refractivity contribution in [2.75, 3.05) is 17.2 Å². The summed E-state index contributed by atoms with van der Waals surface area (Å²) in [6.07, 6.45) is 6.04. The molecule has 9 nitrogen and oxygen atoms in total. The second kappa shape index (κ2) is 13.6. The molecule has 1 atom stereocenters. The molecule has 2 amide bonds. The van der Waals surface area contributed by atoms with Crippen molar-refractivity contribution >= 4 is 57.3 Å². The molecule has 11 heteroatoms. The number of non-ortho nitro benzene ring substituents is 1. The summed E-state index contributed by atoms with van der Waals surface area (Å²) in [5.41, 5.74) is 1.99. The van der Waals surface area contributed by atoms with Crippen LogP contribution in [0.4, 0.5) is 16.4 Å². The first-order chi connectivity index (χ1) is 19.3. The standard InChI is InChI=1S/C29H31N3O6S2/c1-3-38-29(35)25-23-14-6-4-5-7-15-24(23)40-28(25)31-26(33)18(2)39-22-13-9-11-20(17-22)30-27(34)19-10-8-12-21(16-19)32(36)37/h8-13,16-18H,3-7,14-15H2,1-2H3,(H,30,34)(H,31,33). The van der Waals surface area contributed by atoms with Gasteiger partial charge in [-0.05, 0) is 69.4 Å². The highest BCUT2D eigenvalue weighted by Crippen LogP contribution is 2.38. The number of ether oxygens (including phenoxy) is 1. The summed E-state index contributed by atoms with van der Waals surface area (Å²) in [6.45, 7) is 3.81. The maximum atomic E-state index is 13.2. The molecule has 210 valence electrons. The van der Waals surface area contributed by atoms with Crippen LogP contribution in [0.5, 0.6) is 0 Å². The number of carbonyl (C=O) groups is 3. The van der Waals surface area contributed by atoms with Crippen molar-refractivity contribution in [3.63, 3.8) is 0 Å². The van der Waals surface area contributed by atoms with Gasteiger partial charge in [0, 0.05) is 33.2 Å². The number of esters is 1. The van der Waals surface area contributed by atoms with Crippen LogP contribution in [0, 0.1) is 10.1 Å². The third-order valence-corrected chi connectivity index (χ3v) is 8.78. The largest absolute Gasteiger partial charge is 0.462 e. The molecular weight excluding hydrogens is 550 g/mol. The van der Waals surface area contributed by atoms with Crippen LogP contribution in [0.15, 0.2) is 53.4 Å². The van der Waals surface area contributed by atoms with E-state index in [9.17, 15) is 24.5 Å². The van der Waals surface area contributed by atoms with E-state index in [1.54, 1.807) is 32.0 Å². The second-order valence-electron chi connectivity index (χ2n) is 9.38. The summed E-state index contributed by atoms with van der Waals surface area (Å²) in [4.78, 5) is 51.1. The molecule has 2 aromatic carbocycles. The molecule has 1 heterocycles. The monoisotopic (exact) mass is 581 g/mol. The zero-order valence-corrected chi connectivity index (χ0v) is 24.0. The Morgan fingerprint density at radius 1 is 1.05 bits per heavy atom. The molecule has 0 aliphatic heterocycles. The molecule has 1 aromatic heterocycles. The van der Waals surface area contributed by atoms with E-state index in [2.05, 4.69) is 10.6 Å². The van der Waals surface area contributed by atoms with Gasteiger partial charge in [0.05, 0.1) is 22.3 Å². The molecule has 0 radical (unpaired) electrons. The first kappa shape index (κ1) is 29.3. The number of anilines is 2. The molecule has 2 N–H and O–H groups in total. The number of thiophene rings is 1. The fourth-order valence-electron chi connectivity index (χ4n) is 4.51. The molecule has 1 aliphatic rings. The van der Waals surface area contributed by atoms with Gasteiger partial charge in [-0.15, -0.1) is 23.1 Å². The Hall–Kier alpha value is -3.70. The number of nitrogens with zero attached hydrogens (tertiary/aromatic N) is 1. The Balaban J connectivity index is 1.45. The number of nitro benzene ring substituents is 1. The summed E-state index contributed by atoms with van der Waals surface area (Å²) < 4.78 is 5.34. The maximum absolute atomic E-state index is 13.2. The van der Waals surface area contributed by atoms with Crippen LogP contribution in [0.1, 0.15) is 70.7 Å². The first-order valence-corrected chi connectivity index (χ1v) is 14.9. The number of nitrogens with one attached hydrogen (secondary N) is 2. The zero-order valence-electron chi connectivity index (χ0n) is 22.4. The minimum atomic E-state index is -0.551. The van der Waals surface area contributed by atoms with Crippen LogP contribution >= 0.6 is 23.1 Å². The second-order valence-corrected chi connectivity index (χ2v) is 11.9. The molecule has 4 rings (SSSR count). The predicted octanol–water partition coefficient (Wildman–Crippen LogP) is 6.86. The minimum Gasteiger partial charge on any atom is -0.462 e. The lowest BCUT2D eigenvalue weighted by Gasteiger charge is -2.14. The van der Waals surface area contributed by atoms with E-state index in [0.717, 1.165) is 53.9 Å². The molecule has 3 aromatic rings. The summed E-state index contributed by atoms with van der Waals surface area (Å²) in [5, 5.41) is 16.8. The van der Waals surface area contributed by atoms with Gasteiger partial charge in [0.25, 0.3) is 11.6 Å². The highest BCUT2D eigenvalue weighted by molar-refractivity contribution is 8.00. The van der Waals surface area contributed by atoms with Crippen molar-refractivity contribution in [3.05, 3.63) is 80.2 Å². The summed E-state index contributed by atoms with van der Waals surface area (Å²) in [6, 6.07) is 12.5. The van der Waals surface area contributed by atoms with Crippen LogP contribution in [-0.2, 0) is 22.4 Å². The van der Waals surface area contributed by atoms with E-state index in [1.165, 1.54) is 47.4 Å². The Kier molecular flexibility index (Phi) is 9.94. The molecule has 1 unspecified atom stereocenters. The number of hydrogen-bond acceptors (Lipinski definition) is 8. The van der Waals surface area contributed by atoms with Gasteiger partial charge < -0.3 is 15.4 Å². The fourth-order valence-corrected chi connectivity index (χ4v) is 6.72. The van der Waals surface area contributed by atoms with Gasteiger partial charge in [-0.2, -0.15) is 0 Å². The highest BCUT2D eigenvalue weighted by Gasteiger charge is 2.27. The minimum absolute atomic E-state index is 0.166. The van der Waals surface area contributed by atoms with Gasteiger partial charge in [0.15, 0.2) is 0 Å². The topological polar surface area (TPSA) is 128 Å². The smallest absolute Gasteiger partial charge is 0.341 e. The summed E-state index contributed by atoms with van der Waals surface area (Å²) in [5.74, 6) is -1.12. The van der Waals surface area contributed by atoms with Crippen molar-refractivity contribution in [1.29, 1.82) is 0 Å². The van der Waals surface area contributed by atoms with Crippen LogP contribution in [0.3, 0.4) is 0 Å². The van der Waals surface area contributed by atoms with Crippen molar-refractivity contribution in [2.45, 2.75) is 62.5 Å². The Bertz CT molecular complexity index is 1420. The van der Waals surface area contributed by atoms with Crippen LogP contribution in [0.25, 0.3) is 0 Å². The number of benzene rings is 2. The normalized spacial score (nSPS) is 13.8. The average Bonchev–Trinajstić information content (AvgIpc) is 3.24. The number of thioether (sulfide) groups is 1. The zero-order chi connectivity index (χ0) is 28.6. The molecule has 0 bridgehead atoms. The SMILES string of the molecule is CCOC(=O)c1c(NC(=O)C(C)Sc2cccc(NC(=O)c3cccc([N+](=O)[O-])c3)c2)sc2c1CCCCCC2. The Morgan fingerprint density at radius 2 is 1.80 bits per heavy atom. The Labute approximate surface area is 240 Å². The van der Waals surface area contributed by atoms with Crippen molar-refractivity contribution in [3.8, 4) is 0 Å². The summed E-state index contributed by atoms with van der Waals surface area (Å²) >= 11 is 2.79. The van der Waals surface area contributed by atoms with E-state index in [-0.39, 0.29) is 23.8 Å². The number of nitro groups is 1. The number of amides is 2. The molecule has 0 fully saturated rings. The quantitative estimate of drug-likeness (QED) is 0.122. The summed E-state index contributed by atoms with van der Waals surface area (Å²) in [7, 11) is 0. The highest BCUT2D eigenvalue weighted by atomic mass is 32.2. The fraction of sp³-hybridized carbons (Fsp3) is 0.345. The van der Waals surface area contributed by atoms with Crippen molar-refractivity contribution in [1.82, 2.24) is 0 Å². The van der Waals surface area contributed by atoms with E-state index < -0.39 is 22.0 Å². The maximum Gasteiger partial charge on any atom is 0.341 e. The third kappa shape index (κ3) is 7.28. The van der Waals surface area contributed by atoms with Gasteiger partial charge in [-0.1, -0.05) is 25.0 Å². The number of fused-ring (bicyclic) bond motifs is 1. The lowest BCUT2D eigenvalue weighted by Crippen LogP contribution is -2.23. The molecule has 0 saturated carbocycles. The van der Waals surface area contributed by atoms with E-state index in [1.807, 2.05) is 6.07 Å². The molecular formula is C29H31N3O6S2. The van der Waals surface area contributed by atoms with Gasteiger partial charge in [0.1, 0.15) is 5.00 Å². The van der Waals surface area contributed by atoms with Gasteiger partial charge in [-0.25, -0.2) is 4.79 Å². The third-order valence-electron chi connectivity index (χ3n) is 6.48. The molecule has 40 heavy (non-hydrogen) atoms. The van der Waals surface area contributed by atoms with Crippen LogP contribution < -0.4 is 10.6 Å². The average molecular weight is 582 g/mol. The van der Waals surface area contributed by atoms with E-state index in [0.29, 0.717) is 16.3 Å². The number of aryl methyl sites for hydroxylation is 1. The lowest BCUT2D eigenvalue weighted by atomic mass is 9.96. The van der Waals surface area contributed by atoms with Gasteiger partial charge in [0.2, 0.25) is 5.91 Å². The predicted molar refractivity (Wildman–Crippen MR) is 158 cm³/mol. The number of carbonyl (C=O) groups excluding carboxylic acids is 3. The van der Waals surface area contributed by atoms with Crippen LogP contribution in [0.2, 0.25) is 0 Å². The molecule has 0 saturated heterocycles. The van der Waals surface area contributed by atoms with Crippen molar-refractivity contribution < 1.29 is 24.0 Å². The molecule has 0 spiro atoms. The molecule has 1 aliphatic carbocycles. The van der Waals surface area contributed by atoms with E-state index >= 15 is 0 Å². The lowest BCUT2D eigenvalue weighted by molar-refractivity contribution is -0.384. The number of hydrogen-bond donors (Lipinski definition) is 2. The number of rotatable bonds is 9. The van der Waals surface area contributed by atoms with Crippen LogP contribution in [-0.4, -0.2) is 34.6 Å². The van der Waals surface area contributed by atoms with Gasteiger partial charge in [-0.3, -0.25) is 19.7 Å².